The number of nitrogens with one attached hydrogen (secondary N) is 1. The maximum absolute atomic E-state index is 14.1. The van der Waals surface area contributed by atoms with Crippen LogP contribution in [0.1, 0.15) is 53.2 Å². The molecule has 3 heterocycles. The number of ether oxygens (including phenoxy) is 1. The van der Waals surface area contributed by atoms with Crippen molar-refractivity contribution in [1.82, 2.24) is 19.5 Å². The fraction of sp³-hybridized carbons (Fsp3) is 0.259. The lowest BCUT2D eigenvalue weighted by atomic mass is 10.0. The number of nitrogens with zero attached hydrogens (tertiary/aromatic N) is 5. The van der Waals surface area contributed by atoms with Crippen LogP contribution in [0, 0.1) is 6.92 Å². The summed E-state index contributed by atoms with van der Waals surface area (Å²) in [6.45, 7) is 6.07. The third kappa shape index (κ3) is 4.20. The minimum atomic E-state index is -0.455. The zero-order valence-electron chi connectivity index (χ0n) is 21.1. The average molecular weight is 537 g/mol. The molecule has 0 fully saturated rings. The van der Waals surface area contributed by atoms with Crippen molar-refractivity contribution < 1.29 is 9.53 Å². The first kappa shape index (κ1) is 25.0. The molecule has 1 aliphatic heterocycles. The summed E-state index contributed by atoms with van der Waals surface area (Å²) < 4.78 is 7.64. The van der Waals surface area contributed by atoms with Crippen molar-refractivity contribution in [2.75, 3.05) is 24.4 Å². The van der Waals surface area contributed by atoms with Crippen LogP contribution >= 0.6 is 23.2 Å². The van der Waals surface area contributed by atoms with E-state index in [4.69, 9.17) is 32.9 Å². The maximum atomic E-state index is 14.1. The Morgan fingerprint density at radius 1 is 1.05 bits per heavy atom. The van der Waals surface area contributed by atoms with Gasteiger partial charge in [0.2, 0.25) is 11.8 Å². The summed E-state index contributed by atoms with van der Waals surface area (Å²) in [6.07, 6.45) is 1.66. The zero-order valence-corrected chi connectivity index (χ0v) is 22.6. The Hall–Kier alpha value is -3.62. The molecular formula is C27H26Cl2N6O2. The molecule has 4 aromatic rings. The Morgan fingerprint density at radius 2 is 1.76 bits per heavy atom. The van der Waals surface area contributed by atoms with Gasteiger partial charge in [0.1, 0.15) is 11.9 Å². The lowest BCUT2D eigenvalue weighted by Gasteiger charge is -2.29. The van der Waals surface area contributed by atoms with Crippen molar-refractivity contribution in [2.24, 2.45) is 0 Å². The predicted molar refractivity (Wildman–Crippen MR) is 146 cm³/mol. The van der Waals surface area contributed by atoms with Gasteiger partial charge in [0.25, 0.3) is 5.91 Å². The lowest BCUT2D eigenvalue weighted by molar-refractivity contribution is 0.0989. The number of methoxy groups -OCH3 is 1. The first-order valence-corrected chi connectivity index (χ1v) is 12.6. The van der Waals surface area contributed by atoms with E-state index in [-0.39, 0.29) is 11.9 Å². The van der Waals surface area contributed by atoms with Gasteiger partial charge in [-0.25, -0.2) is 9.97 Å². The Labute approximate surface area is 225 Å². The summed E-state index contributed by atoms with van der Waals surface area (Å²) in [5.41, 5.74) is 4.29. The molecule has 0 saturated carbocycles. The minimum Gasteiger partial charge on any atom is -0.480 e. The van der Waals surface area contributed by atoms with E-state index in [1.54, 1.807) is 25.3 Å². The highest BCUT2D eigenvalue weighted by molar-refractivity contribution is 6.31. The number of halogens is 2. The number of anilines is 2. The molecule has 0 bridgehead atoms. The molecule has 190 valence electrons. The number of aromatic nitrogens is 4. The number of amides is 1. The molecular weight excluding hydrogens is 511 g/mol. The van der Waals surface area contributed by atoms with Gasteiger partial charge in [-0.3, -0.25) is 9.69 Å². The Kier molecular flexibility index (Phi) is 6.56. The number of hydrogen-bond donors (Lipinski definition) is 1. The van der Waals surface area contributed by atoms with Crippen molar-refractivity contribution in [3.05, 3.63) is 81.2 Å². The first-order chi connectivity index (χ1) is 17.7. The molecule has 1 amide bonds. The molecule has 1 unspecified atom stereocenters. The number of carbonyl (C=O) groups is 1. The average Bonchev–Trinajstić information content (AvgIpc) is 3.40. The second-order valence-electron chi connectivity index (χ2n) is 9.06. The number of rotatable bonds is 6. The van der Waals surface area contributed by atoms with E-state index in [1.165, 1.54) is 0 Å². The van der Waals surface area contributed by atoms with Gasteiger partial charge in [0.15, 0.2) is 5.69 Å². The van der Waals surface area contributed by atoms with Gasteiger partial charge in [-0.15, -0.1) is 0 Å². The molecule has 0 aliphatic carbocycles. The van der Waals surface area contributed by atoms with Crippen molar-refractivity contribution in [3.63, 3.8) is 0 Å². The largest absolute Gasteiger partial charge is 0.480 e. The summed E-state index contributed by atoms with van der Waals surface area (Å²) >= 11 is 12.6. The quantitative estimate of drug-likeness (QED) is 0.309. The maximum Gasteiger partial charge on any atom is 0.279 e. The van der Waals surface area contributed by atoms with Gasteiger partial charge in [0, 0.05) is 35.0 Å². The van der Waals surface area contributed by atoms with Crippen LogP contribution in [0.4, 0.5) is 11.6 Å². The summed E-state index contributed by atoms with van der Waals surface area (Å²) in [6, 6.07) is 12.6. The van der Waals surface area contributed by atoms with E-state index in [9.17, 15) is 4.79 Å². The van der Waals surface area contributed by atoms with Crippen LogP contribution in [0.2, 0.25) is 10.0 Å². The van der Waals surface area contributed by atoms with Gasteiger partial charge >= 0.3 is 0 Å². The zero-order chi connectivity index (χ0) is 26.4. The van der Waals surface area contributed by atoms with Crippen LogP contribution in [0.25, 0.3) is 11.4 Å². The SMILES string of the molecule is CNc1ncc(-c2nc3c(n2C(C)C)C(c2ccc(Cl)cc2)N(c2cc(Cl)ccc2C)C3=O)c(OC)n1. The molecule has 10 heteroatoms. The number of benzene rings is 2. The fourth-order valence-electron chi connectivity index (χ4n) is 4.77. The third-order valence-electron chi connectivity index (χ3n) is 6.43. The number of aryl methyl sites for hydroxylation is 1. The summed E-state index contributed by atoms with van der Waals surface area (Å²) in [5, 5.41) is 4.08. The third-order valence-corrected chi connectivity index (χ3v) is 6.92. The molecule has 0 radical (unpaired) electrons. The molecule has 8 nitrogen and oxygen atoms in total. The van der Waals surface area contributed by atoms with Crippen molar-refractivity contribution in [1.29, 1.82) is 0 Å². The normalized spacial score (nSPS) is 14.9. The van der Waals surface area contributed by atoms with E-state index < -0.39 is 6.04 Å². The lowest BCUT2D eigenvalue weighted by Crippen LogP contribution is -2.31. The molecule has 37 heavy (non-hydrogen) atoms. The number of fused-ring (bicyclic) bond motifs is 1. The predicted octanol–water partition coefficient (Wildman–Crippen LogP) is 6.34. The number of hydrogen-bond acceptors (Lipinski definition) is 6. The Bertz CT molecular complexity index is 1500. The van der Waals surface area contributed by atoms with Gasteiger partial charge in [-0.1, -0.05) is 41.4 Å². The Balaban J connectivity index is 1.79. The summed E-state index contributed by atoms with van der Waals surface area (Å²) in [5.74, 6) is 1.14. The number of carbonyl (C=O) groups excluding carboxylic acids is 1. The van der Waals surface area contributed by atoms with Gasteiger partial charge in [0.05, 0.1) is 18.4 Å². The van der Waals surface area contributed by atoms with Crippen LogP contribution in [0.3, 0.4) is 0 Å². The van der Waals surface area contributed by atoms with Gasteiger partial charge in [-0.2, -0.15) is 4.98 Å². The molecule has 1 atom stereocenters. The second-order valence-corrected chi connectivity index (χ2v) is 9.93. The second kappa shape index (κ2) is 9.68. The molecule has 0 saturated heterocycles. The monoisotopic (exact) mass is 536 g/mol. The van der Waals surface area contributed by atoms with E-state index >= 15 is 0 Å². The molecule has 1 aliphatic rings. The summed E-state index contributed by atoms with van der Waals surface area (Å²) in [4.78, 5) is 29.6. The topological polar surface area (TPSA) is 85.2 Å². The highest BCUT2D eigenvalue weighted by Gasteiger charge is 2.45. The Morgan fingerprint density at radius 3 is 2.41 bits per heavy atom. The van der Waals surface area contributed by atoms with E-state index in [0.717, 1.165) is 22.5 Å². The molecule has 2 aromatic carbocycles. The molecule has 0 spiro atoms. The van der Waals surface area contributed by atoms with Crippen LogP contribution in [-0.2, 0) is 0 Å². The van der Waals surface area contributed by atoms with Crippen molar-refractivity contribution in [2.45, 2.75) is 32.9 Å². The molecule has 2 aromatic heterocycles. The van der Waals surface area contributed by atoms with E-state index in [0.29, 0.717) is 39.0 Å². The first-order valence-electron chi connectivity index (χ1n) is 11.8. The van der Waals surface area contributed by atoms with Crippen LogP contribution in [-0.4, -0.2) is 39.6 Å². The smallest absolute Gasteiger partial charge is 0.279 e. The fourth-order valence-corrected chi connectivity index (χ4v) is 5.06. The molecule has 1 N–H and O–H groups in total. The van der Waals surface area contributed by atoms with Gasteiger partial charge in [-0.05, 0) is 56.2 Å². The van der Waals surface area contributed by atoms with Crippen molar-refractivity contribution in [3.8, 4) is 17.3 Å². The van der Waals surface area contributed by atoms with Gasteiger partial charge < -0.3 is 14.6 Å². The van der Waals surface area contributed by atoms with E-state index in [2.05, 4.69) is 33.7 Å². The summed E-state index contributed by atoms with van der Waals surface area (Å²) in [7, 11) is 3.28. The van der Waals surface area contributed by atoms with Crippen LogP contribution < -0.4 is 15.0 Å². The minimum absolute atomic E-state index is 0.0389. The highest BCUT2D eigenvalue weighted by Crippen LogP contribution is 2.46. The standard InChI is InChI=1S/C27H26Cl2N6O2/c1-14(2)34-23-21(32-24(34)19-13-31-27(30-4)33-25(19)37-5)26(36)35(20-12-18(29)9-6-15(20)3)22(23)16-7-10-17(28)11-8-16/h6-14,22H,1-5H3,(H,30,31,33). The molecule has 5 rings (SSSR count). The highest BCUT2D eigenvalue weighted by atomic mass is 35.5. The van der Waals surface area contributed by atoms with E-state index in [1.807, 2.05) is 49.4 Å². The van der Waals surface area contributed by atoms with Crippen molar-refractivity contribution >= 4 is 40.7 Å². The van der Waals surface area contributed by atoms with Crippen LogP contribution in [0.15, 0.2) is 48.7 Å². The number of imidazole rings is 1. The van der Waals surface area contributed by atoms with Crippen LogP contribution in [0.5, 0.6) is 5.88 Å².